The Morgan fingerprint density at radius 2 is 2.00 bits per heavy atom. The van der Waals surface area contributed by atoms with Crippen LogP contribution >= 0.6 is 11.9 Å². The topological polar surface area (TPSA) is 23.5 Å². The molecule has 74 valence electrons. The normalized spacial score (nSPS) is 17.1. The van der Waals surface area contributed by atoms with Gasteiger partial charge in [-0.3, -0.25) is 0 Å². The van der Waals surface area contributed by atoms with E-state index in [9.17, 15) is 0 Å². The van der Waals surface area contributed by atoms with Gasteiger partial charge in [0.25, 0.3) is 0 Å². The Hall–Kier alpha value is -0.930. The molecule has 0 aromatic heterocycles. The highest BCUT2D eigenvalue weighted by Crippen LogP contribution is 2.27. The van der Waals surface area contributed by atoms with Gasteiger partial charge in [0, 0.05) is 18.0 Å². The summed E-state index contributed by atoms with van der Waals surface area (Å²) >= 11 is 1.73. The van der Waals surface area contributed by atoms with Crippen molar-refractivity contribution in [3.8, 4) is 5.75 Å². The summed E-state index contributed by atoms with van der Waals surface area (Å²) in [5.74, 6) is 0.324. The lowest BCUT2D eigenvalue weighted by Crippen LogP contribution is -2.10. The summed E-state index contributed by atoms with van der Waals surface area (Å²) in [6.07, 6.45) is 2.24. The molecule has 0 bridgehead atoms. The second-order valence-electron chi connectivity index (χ2n) is 3.46. The third-order valence-electron chi connectivity index (χ3n) is 2.14. The highest BCUT2D eigenvalue weighted by atomic mass is 32.2. The summed E-state index contributed by atoms with van der Waals surface area (Å²) in [6.45, 7) is 4.19. The lowest BCUT2D eigenvalue weighted by molar-refractivity contribution is 0.475. The van der Waals surface area contributed by atoms with Crippen LogP contribution < -0.4 is 0 Å². The van der Waals surface area contributed by atoms with Crippen molar-refractivity contribution < 1.29 is 5.11 Å². The molecule has 0 atom stereocenters. The van der Waals surface area contributed by atoms with E-state index in [1.807, 2.05) is 12.1 Å². The Morgan fingerprint density at radius 1 is 1.29 bits per heavy atom. The van der Waals surface area contributed by atoms with E-state index in [1.54, 1.807) is 24.1 Å². The summed E-state index contributed by atoms with van der Waals surface area (Å²) < 4.78 is 2.29. The van der Waals surface area contributed by atoms with E-state index < -0.39 is 0 Å². The number of nitrogens with zero attached hydrogens (tertiary/aromatic N) is 1. The van der Waals surface area contributed by atoms with Crippen molar-refractivity contribution in [1.82, 2.24) is 4.31 Å². The molecule has 1 N–H and O–H groups in total. The maximum absolute atomic E-state index is 9.13. The van der Waals surface area contributed by atoms with Crippen LogP contribution in [0.1, 0.15) is 6.92 Å². The van der Waals surface area contributed by atoms with Gasteiger partial charge in [0.05, 0.1) is 0 Å². The monoisotopic (exact) mass is 207 g/mol. The van der Waals surface area contributed by atoms with E-state index >= 15 is 0 Å². The predicted molar refractivity (Wildman–Crippen MR) is 59.3 cm³/mol. The van der Waals surface area contributed by atoms with Crippen molar-refractivity contribution in [1.29, 1.82) is 0 Å². The number of phenolic OH excluding ortho intramolecular Hbond substituents is 1. The van der Waals surface area contributed by atoms with Gasteiger partial charge in [0.2, 0.25) is 0 Å². The van der Waals surface area contributed by atoms with E-state index in [2.05, 4.69) is 17.3 Å². The molecule has 1 aromatic carbocycles. The number of aromatic hydroxyl groups is 1. The van der Waals surface area contributed by atoms with Crippen molar-refractivity contribution in [3.05, 3.63) is 35.9 Å². The lowest BCUT2D eigenvalue weighted by atomic mass is 10.3. The summed E-state index contributed by atoms with van der Waals surface area (Å²) in [4.78, 5) is 1.17. The van der Waals surface area contributed by atoms with Gasteiger partial charge in [-0.25, -0.2) is 4.31 Å². The molecule has 0 unspecified atom stereocenters. The van der Waals surface area contributed by atoms with Crippen LogP contribution in [-0.4, -0.2) is 22.5 Å². The molecule has 0 radical (unpaired) electrons. The molecule has 0 aliphatic carbocycles. The van der Waals surface area contributed by atoms with Crippen molar-refractivity contribution in [2.75, 3.05) is 13.1 Å². The van der Waals surface area contributed by atoms with Gasteiger partial charge in [-0.15, -0.1) is 0 Å². The first kappa shape index (κ1) is 9.62. The molecule has 2 nitrogen and oxygen atoms in total. The second kappa shape index (κ2) is 4.07. The van der Waals surface area contributed by atoms with E-state index in [4.69, 9.17) is 5.11 Å². The Balaban J connectivity index is 1.95. The molecule has 0 spiro atoms. The van der Waals surface area contributed by atoms with Gasteiger partial charge in [0.15, 0.2) is 0 Å². The third kappa shape index (κ3) is 2.30. The predicted octanol–water partition coefficient (Wildman–Crippen LogP) is 2.66. The summed E-state index contributed by atoms with van der Waals surface area (Å²) in [5.41, 5.74) is 1.43. The summed E-state index contributed by atoms with van der Waals surface area (Å²) in [5, 5.41) is 9.13. The fraction of sp³-hybridized carbons (Fsp3) is 0.273. The molecular weight excluding hydrogens is 194 g/mol. The van der Waals surface area contributed by atoms with Gasteiger partial charge in [0.1, 0.15) is 5.75 Å². The second-order valence-corrected chi connectivity index (χ2v) is 4.63. The maximum Gasteiger partial charge on any atom is 0.115 e. The Kier molecular flexibility index (Phi) is 2.79. The zero-order chi connectivity index (χ0) is 9.97. The van der Waals surface area contributed by atoms with Crippen molar-refractivity contribution in [2.24, 2.45) is 0 Å². The number of phenols is 1. The molecule has 1 aromatic rings. The standard InChI is InChI=1S/C11H13NOS/c1-9-6-7-12(8-9)14-11-4-2-10(13)3-5-11/h2-6,13H,7-8H2,1H3. The smallest absolute Gasteiger partial charge is 0.115 e. The minimum Gasteiger partial charge on any atom is -0.508 e. The molecular formula is C11H13NOS. The Morgan fingerprint density at radius 3 is 2.57 bits per heavy atom. The summed E-state index contributed by atoms with van der Waals surface area (Å²) in [6, 6.07) is 7.32. The molecule has 0 saturated heterocycles. The number of hydrogen-bond donors (Lipinski definition) is 1. The minimum atomic E-state index is 0.324. The Labute approximate surface area is 88.4 Å². The van der Waals surface area contributed by atoms with Gasteiger partial charge >= 0.3 is 0 Å². The highest BCUT2D eigenvalue weighted by Gasteiger charge is 2.11. The molecule has 0 fully saturated rings. The van der Waals surface area contributed by atoms with Gasteiger partial charge in [-0.05, 0) is 43.1 Å². The van der Waals surface area contributed by atoms with Crippen LogP contribution in [0.4, 0.5) is 0 Å². The zero-order valence-electron chi connectivity index (χ0n) is 8.10. The molecule has 1 aliphatic rings. The molecule has 2 rings (SSSR count). The molecule has 1 heterocycles. The number of benzene rings is 1. The van der Waals surface area contributed by atoms with Crippen LogP contribution in [0.3, 0.4) is 0 Å². The van der Waals surface area contributed by atoms with Crippen molar-refractivity contribution in [2.45, 2.75) is 11.8 Å². The van der Waals surface area contributed by atoms with Crippen LogP contribution in [-0.2, 0) is 0 Å². The Bertz CT molecular complexity index is 345. The first-order chi connectivity index (χ1) is 6.74. The SMILES string of the molecule is CC1=CCN(Sc2ccc(O)cc2)C1. The van der Waals surface area contributed by atoms with E-state index in [0.717, 1.165) is 13.1 Å². The van der Waals surface area contributed by atoms with Crippen LogP contribution in [0.15, 0.2) is 40.8 Å². The maximum atomic E-state index is 9.13. The average molecular weight is 207 g/mol. The average Bonchev–Trinajstić information content (AvgIpc) is 2.56. The largest absolute Gasteiger partial charge is 0.508 e. The zero-order valence-corrected chi connectivity index (χ0v) is 8.92. The molecule has 0 amide bonds. The third-order valence-corrected chi connectivity index (χ3v) is 3.16. The first-order valence-electron chi connectivity index (χ1n) is 4.61. The first-order valence-corrected chi connectivity index (χ1v) is 5.39. The van der Waals surface area contributed by atoms with Gasteiger partial charge in [-0.2, -0.15) is 0 Å². The van der Waals surface area contributed by atoms with Crippen molar-refractivity contribution in [3.63, 3.8) is 0 Å². The van der Waals surface area contributed by atoms with Crippen LogP contribution in [0, 0.1) is 0 Å². The van der Waals surface area contributed by atoms with Gasteiger partial charge < -0.3 is 5.11 Å². The molecule has 0 saturated carbocycles. The van der Waals surface area contributed by atoms with E-state index in [0.29, 0.717) is 5.75 Å². The number of rotatable bonds is 2. The van der Waals surface area contributed by atoms with Crippen LogP contribution in [0.5, 0.6) is 5.75 Å². The number of hydrogen-bond acceptors (Lipinski definition) is 3. The highest BCUT2D eigenvalue weighted by molar-refractivity contribution is 7.97. The quantitative estimate of drug-likeness (QED) is 0.595. The van der Waals surface area contributed by atoms with Crippen LogP contribution in [0.25, 0.3) is 0 Å². The van der Waals surface area contributed by atoms with Crippen molar-refractivity contribution >= 4 is 11.9 Å². The molecule has 14 heavy (non-hydrogen) atoms. The molecule has 3 heteroatoms. The van der Waals surface area contributed by atoms with E-state index in [-0.39, 0.29) is 0 Å². The molecule has 1 aliphatic heterocycles. The fourth-order valence-corrected chi connectivity index (χ4v) is 2.36. The fourth-order valence-electron chi connectivity index (χ4n) is 1.39. The van der Waals surface area contributed by atoms with E-state index in [1.165, 1.54) is 10.5 Å². The van der Waals surface area contributed by atoms with Crippen LogP contribution in [0.2, 0.25) is 0 Å². The lowest BCUT2D eigenvalue weighted by Gasteiger charge is -2.13. The summed E-state index contributed by atoms with van der Waals surface area (Å²) in [7, 11) is 0. The van der Waals surface area contributed by atoms with Gasteiger partial charge in [-0.1, -0.05) is 11.6 Å². The minimum absolute atomic E-state index is 0.324.